The summed E-state index contributed by atoms with van der Waals surface area (Å²) in [5, 5.41) is 29.2. The van der Waals surface area contributed by atoms with Gasteiger partial charge >= 0.3 is 0 Å². The molecule has 1 aromatic heterocycles. The van der Waals surface area contributed by atoms with Crippen molar-refractivity contribution < 1.29 is 24.1 Å². The van der Waals surface area contributed by atoms with E-state index in [1.807, 2.05) is 49.4 Å². The largest absolute Gasteiger partial charge is 0.492 e. The molecule has 5 rings (SSSR count). The molecule has 0 spiro atoms. The molecule has 0 saturated carbocycles. The highest BCUT2D eigenvalue weighted by Gasteiger charge is 2.20. The van der Waals surface area contributed by atoms with Gasteiger partial charge in [-0.1, -0.05) is 41.9 Å². The number of aromatic nitrogens is 1. The van der Waals surface area contributed by atoms with Crippen LogP contribution < -0.4 is 14.2 Å². The fourth-order valence-corrected chi connectivity index (χ4v) is 5.66. The van der Waals surface area contributed by atoms with Gasteiger partial charge in [-0.2, -0.15) is 10.5 Å². The first kappa shape index (κ1) is 32.5. The number of β-amino-alcohol motifs (C(OH)–C–C–N with tert-alkyl or cyclic N) is 1. The molecule has 1 unspecified atom stereocenters. The molecular weight excluding hydrogens is 604 g/mol. The molecular formula is C36H33ClN4O5. The van der Waals surface area contributed by atoms with E-state index in [2.05, 4.69) is 16.0 Å². The highest BCUT2D eigenvalue weighted by Crippen LogP contribution is 2.36. The van der Waals surface area contributed by atoms with Crippen molar-refractivity contribution >= 4 is 17.9 Å². The minimum atomic E-state index is -0.248. The number of benzene rings is 3. The number of rotatable bonds is 13. The van der Waals surface area contributed by atoms with E-state index in [0.29, 0.717) is 47.6 Å². The Morgan fingerprint density at radius 2 is 1.80 bits per heavy atom. The molecule has 1 aliphatic rings. The second-order valence-electron chi connectivity index (χ2n) is 11.0. The highest BCUT2D eigenvalue weighted by atomic mass is 35.5. The Morgan fingerprint density at radius 3 is 2.57 bits per heavy atom. The van der Waals surface area contributed by atoms with Crippen LogP contribution in [0.5, 0.6) is 17.2 Å². The van der Waals surface area contributed by atoms with Crippen molar-refractivity contribution in [1.82, 2.24) is 9.88 Å². The van der Waals surface area contributed by atoms with Crippen LogP contribution in [-0.4, -0.2) is 53.6 Å². The first-order valence-corrected chi connectivity index (χ1v) is 15.3. The zero-order valence-electron chi connectivity index (χ0n) is 25.4. The Bertz CT molecular complexity index is 1800. The van der Waals surface area contributed by atoms with Crippen LogP contribution in [0.2, 0.25) is 5.02 Å². The van der Waals surface area contributed by atoms with E-state index in [1.165, 1.54) is 12.3 Å². The van der Waals surface area contributed by atoms with Gasteiger partial charge in [-0.3, -0.25) is 9.78 Å². The fourth-order valence-electron chi connectivity index (χ4n) is 5.43. The predicted molar refractivity (Wildman–Crippen MR) is 173 cm³/mol. The summed E-state index contributed by atoms with van der Waals surface area (Å²) in [5.41, 5.74) is 5.28. The number of ether oxygens (including phenoxy) is 3. The number of halogens is 1. The summed E-state index contributed by atoms with van der Waals surface area (Å²) in [6, 6.07) is 20.5. The second-order valence-corrected chi connectivity index (χ2v) is 11.4. The topological polar surface area (TPSA) is 129 Å². The Labute approximate surface area is 273 Å². The molecule has 4 aromatic rings. The molecule has 3 aromatic carbocycles. The van der Waals surface area contributed by atoms with E-state index >= 15 is 0 Å². The van der Waals surface area contributed by atoms with Crippen LogP contribution in [0.1, 0.15) is 51.0 Å². The molecule has 1 N–H and O–H groups in total. The minimum absolute atomic E-state index is 0.0954. The third-order valence-corrected chi connectivity index (χ3v) is 8.19. The van der Waals surface area contributed by atoms with Crippen LogP contribution in [0, 0.1) is 29.6 Å². The van der Waals surface area contributed by atoms with E-state index in [-0.39, 0.29) is 35.7 Å². The Morgan fingerprint density at radius 1 is 1.00 bits per heavy atom. The van der Waals surface area contributed by atoms with Gasteiger partial charge in [-0.25, -0.2) is 0 Å². The summed E-state index contributed by atoms with van der Waals surface area (Å²) in [5.74, 6) is 1.16. The molecule has 0 bridgehead atoms. The summed E-state index contributed by atoms with van der Waals surface area (Å²) in [6.45, 7) is 5.14. The molecule has 234 valence electrons. The predicted octanol–water partition coefficient (Wildman–Crippen LogP) is 6.26. The number of aldehydes is 1. The van der Waals surface area contributed by atoms with Crippen molar-refractivity contribution in [2.24, 2.45) is 0 Å². The molecule has 0 amide bonds. The van der Waals surface area contributed by atoms with Crippen molar-refractivity contribution in [1.29, 1.82) is 10.5 Å². The third-order valence-electron chi connectivity index (χ3n) is 7.89. The quantitative estimate of drug-likeness (QED) is 0.134. The lowest BCUT2D eigenvalue weighted by molar-refractivity contribution is 0.111. The Kier molecular flexibility index (Phi) is 10.9. The van der Waals surface area contributed by atoms with Gasteiger partial charge in [0.1, 0.15) is 48.2 Å². The second kappa shape index (κ2) is 15.4. The minimum Gasteiger partial charge on any atom is -0.492 e. The number of carbonyl (C=O) groups excluding carboxylic acids is 1. The molecule has 0 radical (unpaired) electrons. The number of pyridine rings is 1. The van der Waals surface area contributed by atoms with Crippen LogP contribution in [0.15, 0.2) is 67.0 Å². The van der Waals surface area contributed by atoms with E-state index in [1.54, 1.807) is 18.3 Å². The number of aliphatic hydroxyl groups excluding tert-OH is 1. The maximum atomic E-state index is 11.7. The van der Waals surface area contributed by atoms with Gasteiger partial charge in [-0.05, 0) is 54.7 Å². The number of aliphatic hydroxyl groups is 1. The number of carbonyl (C=O) groups is 1. The summed E-state index contributed by atoms with van der Waals surface area (Å²) >= 11 is 6.47. The Balaban J connectivity index is 1.29. The van der Waals surface area contributed by atoms with Crippen molar-refractivity contribution in [2.45, 2.75) is 39.1 Å². The first-order valence-electron chi connectivity index (χ1n) is 14.9. The lowest BCUT2D eigenvalue weighted by atomic mass is 9.93. The van der Waals surface area contributed by atoms with E-state index in [4.69, 9.17) is 31.1 Å². The first-order chi connectivity index (χ1) is 22.4. The number of nitrogens with zero attached hydrogens (tertiary/aromatic N) is 4. The number of hydrogen-bond donors (Lipinski definition) is 1. The lowest BCUT2D eigenvalue weighted by Crippen LogP contribution is -2.24. The van der Waals surface area contributed by atoms with E-state index in [0.717, 1.165) is 48.2 Å². The van der Waals surface area contributed by atoms with Crippen molar-refractivity contribution in [2.75, 3.05) is 26.2 Å². The number of hydrogen-bond acceptors (Lipinski definition) is 9. The summed E-state index contributed by atoms with van der Waals surface area (Å²) in [7, 11) is 0. The van der Waals surface area contributed by atoms with Crippen molar-refractivity contribution in [3.63, 3.8) is 0 Å². The van der Waals surface area contributed by atoms with Crippen LogP contribution in [0.25, 0.3) is 11.1 Å². The average molecular weight is 637 g/mol. The van der Waals surface area contributed by atoms with Crippen LogP contribution in [0.3, 0.4) is 0 Å². The number of likely N-dealkylation sites (tertiary alicyclic amines) is 1. The molecule has 1 atom stereocenters. The van der Waals surface area contributed by atoms with Gasteiger partial charge in [0.05, 0.1) is 28.9 Å². The normalized spacial score (nSPS) is 14.3. The zero-order valence-corrected chi connectivity index (χ0v) is 26.2. The van der Waals surface area contributed by atoms with Gasteiger partial charge < -0.3 is 24.2 Å². The van der Waals surface area contributed by atoms with Crippen LogP contribution >= 0.6 is 11.6 Å². The number of nitriles is 2. The summed E-state index contributed by atoms with van der Waals surface area (Å²) < 4.78 is 18.1. The highest BCUT2D eigenvalue weighted by molar-refractivity contribution is 6.32. The molecule has 1 fully saturated rings. The Hall–Kier alpha value is -4.93. The lowest BCUT2D eigenvalue weighted by Gasteiger charge is -2.17. The monoisotopic (exact) mass is 636 g/mol. The van der Waals surface area contributed by atoms with E-state index < -0.39 is 0 Å². The zero-order chi connectivity index (χ0) is 32.5. The van der Waals surface area contributed by atoms with Gasteiger partial charge in [0.25, 0.3) is 0 Å². The smallest absolute Gasteiger partial charge is 0.153 e. The van der Waals surface area contributed by atoms with Crippen LogP contribution in [0.4, 0.5) is 0 Å². The van der Waals surface area contributed by atoms with Crippen LogP contribution in [-0.2, 0) is 13.2 Å². The van der Waals surface area contributed by atoms with Gasteiger partial charge in [0.15, 0.2) is 6.29 Å². The molecule has 1 saturated heterocycles. The standard InChI is InChI=1S/C36H33ClN4O5/c1-24-27(23-46-36-15-35(28(21-42)14-33(36)37)45-22-26-13-25(16-38)18-40-19-26)5-2-6-30(24)31-7-3-8-34(32(31)17-39)44-12-4-10-41-11-9-29(43)20-41/h2-3,5-8,13-15,18-19,21,29,43H,4,9-12,20,22-23H2,1H3. The molecule has 1 aliphatic heterocycles. The van der Waals surface area contributed by atoms with Crippen molar-refractivity contribution in [3.8, 4) is 40.5 Å². The molecule has 2 heterocycles. The molecule has 9 nitrogen and oxygen atoms in total. The average Bonchev–Trinajstić information content (AvgIpc) is 3.50. The SMILES string of the molecule is Cc1c(COc2cc(OCc3cncc(C#N)c3)c(C=O)cc2Cl)cccc1-c1cccc(OCCCN2CCC(O)C2)c1C#N. The summed E-state index contributed by atoms with van der Waals surface area (Å²) in [6.07, 6.45) is 5.06. The van der Waals surface area contributed by atoms with Gasteiger partial charge in [-0.15, -0.1) is 0 Å². The fraction of sp³-hybridized carbons (Fsp3) is 0.278. The molecule has 0 aliphatic carbocycles. The van der Waals surface area contributed by atoms with Gasteiger partial charge in [0, 0.05) is 49.2 Å². The van der Waals surface area contributed by atoms with Gasteiger partial charge in [0.2, 0.25) is 0 Å². The molecule has 10 heteroatoms. The molecule has 46 heavy (non-hydrogen) atoms. The maximum Gasteiger partial charge on any atom is 0.153 e. The summed E-state index contributed by atoms with van der Waals surface area (Å²) in [4.78, 5) is 18.0. The van der Waals surface area contributed by atoms with Crippen molar-refractivity contribution in [3.05, 3.63) is 105 Å². The van der Waals surface area contributed by atoms with E-state index in [9.17, 15) is 15.2 Å². The third kappa shape index (κ3) is 7.82. The maximum absolute atomic E-state index is 11.7.